The predicted octanol–water partition coefficient (Wildman–Crippen LogP) is 1.82. The Hall–Kier alpha value is -2.63. The zero-order chi connectivity index (χ0) is 15.4. The fraction of sp³-hybridized carbons (Fsp3) is 0.267. The third-order valence-electron chi connectivity index (χ3n) is 3.09. The van der Waals surface area contributed by atoms with Crippen molar-refractivity contribution in [1.29, 1.82) is 0 Å². The van der Waals surface area contributed by atoms with Crippen LogP contribution >= 0.6 is 0 Å². The highest BCUT2D eigenvalue weighted by Gasteiger charge is 2.11. The number of carboxylic acid groups (broad SMARTS) is 1. The molecule has 0 aliphatic heterocycles. The summed E-state index contributed by atoms with van der Waals surface area (Å²) in [6.07, 6.45) is 0.320. The van der Waals surface area contributed by atoms with Crippen LogP contribution in [0.15, 0.2) is 30.3 Å². The molecule has 0 aliphatic rings. The molecule has 0 atom stereocenters. The molecule has 2 aromatic rings. The van der Waals surface area contributed by atoms with Gasteiger partial charge in [-0.25, -0.2) is 9.78 Å². The molecule has 1 heterocycles. The Morgan fingerprint density at radius 1 is 1.29 bits per heavy atom. The maximum absolute atomic E-state index is 11.5. The van der Waals surface area contributed by atoms with E-state index in [1.807, 2.05) is 24.3 Å². The fourth-order valence-electron chi connectivity index (χ4n) is 1.95. The Bertz CT molecular complexity index is 683. The number of anilines is 1. The van der Waals surface area contributed by atoms with Gasteiger partial charge in [0, 0.05) is 32.4 Å². The minimum Gasteiger partial charge on any atom is -0.477 e. The molecule has 0 unspecified atom stereocenters. The third kappa shape index (κ3) is 3.47. The van der Waals surface area contributed by atoms with Gasteiger partial charge in [-0.05, 0) is 11.5 Å². The van der Waals surface area contributed by atoms with Crippen molar-refractivity contribution < 1.29 is 14.7 Å². The van der Waals surface area contributed by atoms with Crippen molar-refractivity contribution in [3.05, 3.63) is 36.0 Å². The number of hydrogen-bond acceptors (Lipinski definition) is 4. The van der Waals surface area contributed by atoms with Gasteiger partial charge in [-0.2, -0.15) is 0 Å². The van der Waals surface area contributed by atoms with E-state index in [0.29, 0.717) is 18.8 Å². The lowest BCUT2D eigenvalue weighted by molar-refractivity contribution is -0.128. The van der Waals surface area contributed by atoms with Crippen LogP contribution in [0.4, 0.5) is 5.82 Å². The summed E-state index contributed by atoms with van der Waals surface area (Å²) in [6.45, 7) is 0.400. The molecule has 0 saturated heterocycles. The number of nitrogens with zero attached hydrogens (tertiary/aromatic N) is 2. The number of aromatic nitrogens is 1. The van der Waals surface area contributed by atoms with Gasteiger partial charge >= 0.3 is 5.97 Å². The van der Waals surface area contributed by atoms with E-state index in [4.69, 9.17) is 5.11 Å². The second kappa shape index (κ2) is 6.21. The molecule has 0 saturated carbocycles. The minimum absolute atomic E-state index is 0.00111. The van der Waals surface area contributed by atoms with Crippen LogP contribution in [0.5, 0.6) is 0 Å². The fourth-order valence-corrected chi connectivity index (χ4v) is 1.95. The Morgan fingerprint density at radius 2 is 2.00 bits per heavy atom. The first kappa shape index (κ1) is 14.8. The number of amides is 1. The number of carbonyl (C=O) groups excluding carboxylic acids is 1. The van der Waals surface area contributed by atoms with E-state index >= 15 is 0 Å². The predicted molar refractivity (Wildman–Crippen MR) is 80.5 cm³/mol. The van der Waals surface area contributed by atoms with Gasteiger partial charge in [0.15, 0.2) is 5.69 Å². The van der Waals surface area contributed by atoms with Crippen molar-refractivity contribution in [2.45, 2.75) is 6.42 Å². The molecule has 0 radical (unpaired) electrons. The van der Waals surface area contributed by atoms with E-state index in [-0.39, 0.29) is 11.6 Å². The number of benzene rings is 1. The van der Waals surface area contributed by atoms with Crippen LogP contribution < -0.4 is 5.32 Å². The number of rotatable bonds is 5. The molecule has 110 valence electrons. The van der Waals surface area contributed by atoms with Crippen molar-refractivity contribution in [2.75, 3.05) is 26.0 Å². The average Bonchev–Trinajstić information content (AvgIpc) is 2.46. The van der Waals surface area contributed by atoms with Gasteiger partial charge in [0.25, 0.3) is 0 Å². The van der Waals surface area contributed by atoms with E-state index in [1.54, 1.807) is 14.1 Å². The van der Waals surface area contributed by atoms with Crippen molar-refractivity contribution in [3.63, 3.8) is 0 Å². The van der Waals surface area contributed by atoms with Crippen LogP contribution in [0, 0.1) is 0 Å². The quantitative estimate of drug-likeness (QED) is 0.876. The number of aromatic carboxylic acids is 1. The Kier molecular flexibility index (Phi) is 4.37. The Morgan fingerprint density at radius 3 is 2.67 bits per heavy atom. The highest BCUT2D eigenvalue weighted by atomic mass is 16.4. The monoisotopic (exact) mass is 287 g/mol. The van der Waals surface area contributed by atoms with Crippen LogP contribution in [0.2, 0.25) is 0 Å². The SMILES string of the molecule is CN(C)C(=O)CCNc1nc(C(=O)O)cc2ccccc12. The highest BCUT2D eigenvalue weighted by Crippen LogP contribution is 2.22. The highest BCUT2D eigenvalue weighted by molar-refractivity contribution is 5.97. The Labute approximate surface area is 122 Å². The first-order valence-electron chi connectivity index (χ1n) is 6.56. The van der Waals surface area contributed by atoms with Crippen molar-refractivity contribution in [2.24, 2.45) is 0 Å². The number of fused-ring (bicyclic) bond motifs is 1. The summed E-state index contributed by atoms with van der Waals surface area (Å²) in [5.41, 5.74) is -0.0184. The molecule has 2 rings (SSSR count). The first-order chi connectivity index (χ1) is 9.99. The molecular weight excluding hydrogens is 270 g/mol. The van der Waals surface area contributed by atoms with Gasteiger partial charge in [-0.3, -0.25) is 4.79 Å². The zero-order valence-electron chi connectivity index (χ0n) is 12.0. The Balaban J connectivity index is 2.25. The molecule has 0 fully saturated rings. The summed E-state index contributed by atoms with van der Waals surface area (Å²) < 4.78 is 0. The summed E-state index contributed by atoms with van der Waals surface area (Å²) in [6, 6.07) is 8.94. The van der Waals surface area contributed by atoms with Gasteiger partial charge in [0.05, 0.1) is 0 Å². The molecule has 1 aromatic heterocycles. The lowest BCUT2D eigenvalue weighted by atomic mass is 10.1. The summed E-state index contributed by atoms with van der Waals surface area (Å²) in [5, 5.41) is 13.8. The largest absolute Gasteiger partial charge is 0.477 e. The molecule has 1 amide bonds. The van der Waals surface area contributed by atoms with E-state index in [0.717, 1.165) is 10.8 Å². The molecule has 2 N–H and O–H groups in total. The van der Waals surface area contributed by atoms with Gasteiger partial charge < -0.3 is 15.3 Å². The van der Waals surface area contributed by atoms with Crippen molar-refractivity contribution >= 4 is 28.5 Å². The maximum Gasteiger partial charge on any atom is 0.354 e. The summed E-state index contributed by atoms with van der Waals surface area (Å²) in [5.74, 6) is -0.591. The number of nitrogens with one attached hydrogen (secondary N) is 1. The second-order valence-electron chi connectivity index (χ2n) is 4.85. The number of pyridine rings is 1. The van der Waals surface area contributed by atoms with Crippen LogP contribution in [-0.2, 0) is 4.79 Å². The summed E-state index contributed by atoms with van der Waals surface area (Å²) in [4.78, 5) is 28.3. The lowest BCUT2D eigenvalue weighted by Gasteiger charge is -2.12. The molecule has 21 heavy (non-hydrogen) atoms. The number of carbonyl (C=O) groups is 2. The van der Waals surface area contributed by atoms with E-state index < -0.39 is 5.97 Å². The number of hydrogen-bond donors (Lipinski definition) is 2. The average molecular weight is 287 g/mol. The van der Waals surface area contributed by atoms with E-state index in [1.165, 1.54) is 11.0 Å². The van der Waals surface area contributed by atoms with E-state index in [9.17, 15) is 9.59 Å². The molecular formula is C15H17N3O3. The molecule has 0 spiro atoms. The lowest BCUT2D eigenvalue weighted by Crippen LogP contribution is -2.24. The standard InChI is InChI=1S/C15H17N3O3/c1-18(2)13(19)7-8-16-14-11-6-4-3-5-10(11)9-12(17-14)15(20)21/h3-6,9H,7-8H2,1-2H3,(H,16,17)(H,20,21). The summed E-state index contributed by atoms with van der Waals surface area (Å²) >= 11 is 0. The molecule has 6 heteroatoms. The minimum atomic E-state index is -1.08. The van der Waals surface area contributed by atoms with E-state index in [2.05, 4.69) is 10.3 Å². The van der Waals surface area contributed by atoms with Crippen molar-refractivity contribution in [1.82, 2.24) is 9.88 Å². The molecule has 0 bridgehead atoms. The molecule has 1 aromatic carbocycles. The topological polar surface area (TPSA) is 82.5 Å². The van der Waals surface area contributed by atoms with Crippen LogP contribution in [0.25, 0.3) is 10.8 Å². The van der Waals surface area contributed by atoms with Crippen molar-refractivity contribution in [3.8, 4) is 0 Å². The first-order valence-corrected chi connectivity index (χ1v) is 6.56. The normalized spacial score (nSPS) is 10.4. The van der Waals surface area contributed by atoms with Crippen LogP contribution in [0.1, 0.15) is 16.9 Å². The van der Waals surface area contributed by atoms with Gasteiger partial charge in [0.2, 0.25) is 5.91 Å². The molecule has 6 nitrogen and oxygen atoms in total. The zero-order valence-corrected chi connectivity index (χ0v) is 12.0. The van der Waals surface area contributed by atoms with Crippen LogP contribution in [0.3, 0.4) is 0 Å². The smallest absolute Gasteiger partial charge is 0.354 e. The number of carboxylic acids is 1. The van der Waals surface area contributed by atoms with Gasteiger partial charge in [-0.1, -0.05) is 24.3 Å². The van der Waals surface area contributed by atoms with Gasteiger partial charge in [0.1, 0.15) is 5.82 Å². The maximum atomic E-state index is 11.5. The summed E-state index contributed by atoms with van der Waals surface area (Å²) in [7, 11) is 3.39. The van der Waals surface area contributed by atoms with Gasteiger partial charge in [-0.15, -0.1) is 0 Å². The van der Waals surface area contributed by atoms with Crippen LogP contribution in [-0.4, -0.2) is 47.5 Å². The molecule has 0 aliphatic carbocycles. The third-order valence-corrected chi connectivity index (χ3v) is 3.09. The second-order valence-corrected chi connectivity index (χ2v) is 4.85.